The van der Waals surface area contributed by atoms with Gasteiger partial charge >= 0.3 is 0 Å². The van der Waals surface area contributed by atoms with E-state index in [0.29, 0.717) is 0 Å². The van der Waals surface area contributed by atoms with Gasteiger partial charge in [0.25, 0.3) is 0 Å². The number of methoxy groups -OCH3 is 2. The Bertz CT molecular complexity index is 510. The van der Waals surface area contributed by atoms with E-state index >= 15 is 0 Å². The third-order valence-electron chi connectivity index (χ3n) is 2.27. The summed E-state index contributed by atoms with van der Waals surface area (Å²) in [6.07, 6.45) is 0. The first-order valence-corrected chi connectivity index (χ1v) is 8.03. The zero-order valence-electron chi connectivity index (χ0n) is 16.2. The zero-order valence-corrected chi connectivity index (χ0v) is 16.2. The molecule has 0 aliphatic rings. The van der Waals surface area contributed by atoms with Crippen molar-refractivity contribution in [1.82, 2.24) is 0 Å². The van der Waals surface area contributed by atoms with Gasteiger partial charge in [-0.25, -0.2) is 0 Å². The topological polar surface area (TPSA) is 70.5 Å². The molecule has 0 fully saturated rings. The van der Waals surface area contributed by atoms with Gasteiger partial charge in [0.15, 0.2) is 0 Å². The SMILES string of the molecule is COC.COC.Nc1ccccc1.Nc1ccccc1.c1ccccc1. The molecule has 4 nitrogen and oxygen atoms in total. The van der Waals surface area contributed by atoms with Crippen molar-refractivity contribution in [3.05, 3.63) is 97.1 Å². The fourth-order valence-corrected chi connectivity index (χ4v) is 1.29. The lowest BCUT2D eigenvalue weighted by Gasteiger charge is -1.83. The lowest BCUT2D eigenvalue weighted by molar-refractivity contribution is 0.277. The summed E-state index contributed by atoms with van der Waals surface area (Å²) in [7, 11) is 6.50. The number of benzene rings is 3. The van der Waals surface area contributed by atoms with Crippen LogP contribution in [0.25, 0.3) is 0 Å². The van der Waals surface area contributed by atoms with Crippen molar-refractivity contribution >= 4 is 11.4 Å². The summed E-state index contributed by atoms with van der Waals surface area (Å²) in [4.78, 5) is 0. The average Bonchev–Trinajstić information content (AvgIpc) is 2.67. The average molecular weight is 357 g/mol. The van der Waals surface area contributed by atoms with Crippen LogP contribution in [0, 0.1) is 0 Å². The molecule has 0 saturated heterocycles. The Kier molecular flexibility index (Phi) is 21.7. The van der Waals surface area contributed by atoms with Crippen LogP contribution >= 0.6 is 0 Å². The molecular formula is C22H32N2O2. The highest BCUT2D eigenvalue weighted by atomic mass is 16.5. The van der Waals surface area contributed by atoms with Crippen LogP contribution in [0.3, 0.4) is 0 Å². The monoisotopic (exact) mass is 356 g/mol. The van der Waals surface area contributed by atoms with Crippen LogP contribution in [0.4, 0.5) is 11.4 Å². The summed E-state index contributed by atoms with van der Waals surface area (Å²) in [6.45, 7) is 0. The number of ether oxygens (including phenoxy) is 2. The van der Waals surface area contributed by atoms with Crippen LogP contribution in [0.2, 0.25) is 0 Å². The molecule has 0 radical (unpaired) electrons. The van der Waals surface area contributed by atoms with Gasteiger partial charge in [0.1, 0.15) is 0 Å². The maximum absolute atomic E-state index is 5.36. The van der Waals surface area contributed by atoms with E-state index in [-0.39, 0.29) is 0 Å². The van der Waals surface area contributed by atoms with E-state index < -0.39 is 0 Å². The Morgan fingerprint density at radius 3 is 0.692 bits per heavy atom. The number of anilines is 2. The van der Waals surface area contributed by atoms with Crippen molar-refractivity contribution < 1.29 is 9.47 Å². The van der Waals surface area contributed by atoms with E-state index in [0.717, 1.165) is 11.4 Å². The second-order valence-electron chi connectivity index (χ2n) is 4.79. The number of para-hydroxylation sites is 2. The number of hydrogen-bond donors (Lipinski definition) is 2. The molecule has 26 heavy (non-hydrogen) atoms. The summed E-state index contributed by atoms with van der Waals surface area (Å²) < 4.78 is 8.50. The third-order valence-corrected chi connectivity index (χ3v) is 2.27. The summed E-state index contributed by atoms with van der Waals surface area (Å²) in [5.41, 5.74) is 12.4. The maximum Gasteiger partial charge on any atom is 0.0351 e. The van der Waals surface area contributed by atoms with Gasteiger partial charge in [-0.3, -0.25) is 0 Å². The Balaban J connectivity index is 0. The number of nitrogens with two attached hydrogens (primary N) is 2. The molecule has 0 bridgehead atoms. The van der Waals surface area contributed by atoms with Gasteiger partial charge in [-0.2, -0.15) is 0 Å². The minimum atomic E-state index is 0.822. The van der Waals surface area contributed by atoms with Crippen molar-refractivity contribution in [2.24, 2.45) is 0 Å². The van der Waals surface area contributed by atoms with Crippen LogP contribution in [-0.4, -0.2) is 28.4 Å². The molecule has 3 rings (SSSR count). The van der Waals surface area contributed by atoms with Crippen molar-refractivity contribution in [3.8, 4) is 0 Å². The van der Waals surface area contributed by atoms with Crippen LogP contribution in [0.5, 0.6) is 0 Å². The fraction of sp³-hybridized carbons (Fsp3) is 0.182. The number of nitrogen functional groups attached to an aromatic ring is 2. The zero-order chi connectivity index (χ0) is 19.9. The van der Waals surface area contributed by atoms with E-state index in [1.54, 1.807) is 28.4 Å². The smallest absolute Gasteiger partial charge is 0.0351 e. The number of rotatable bonds is 0. The molecule has 0 amide bonds. The summed E-state index contributed by atoms with van der Waals surface area (Å²) in [5.74, 6) is 0. The molecule has 3 aromatic carbocycles. The summed E-state index contributed by atoms with van der Waals surface area (Å²) >= 11 is 0. The van der Waals surface area contributed by atoms with E-state index in [1.165, 1.54) is 0 Å². The van der Waals surface area contributed by atoms with Gasteiger partial charge in [-0.1, -0.05) is 72.8 Å². The highest BCUT2D eigenvalue weighted by Crippen LogP contribution is 1.96. The van der Waals surface area contributed by atoms with Crippen molar-refractivity contribution in [1.29, 1.82) is 0 Å². The quantitative estimate of drug-likeness (QED) is 0.570. The first kappa shape index (κ1) is 25.4. The maximum atomic E-state index is 5.36. The molecule has 3 aromatic rings. The van der Waals surface area contributed by atoms with Gasteiger partial charge in [0, 0.05) is 39.8 Å². The highest BCUT2D eigenvalue weighted by Gasteiger charge is 1.73. The van der Waals surface area contributed by atoms with E-state index in [4.69, 9.17) is 11.5 Å². The molecule has 0 saturated carbocycles. The van der Waals surface area contributed by atoms with Gasteiger partial charge in [0.05, 0.1) is 0 Å². The Labute approximate surface area is 158 Å². The van der Waals surface area contributed by atoms with Gasteiger partial charge < -0.3 is 20.9 Å². The van der Waals surface area contributed by atoms with Gasteiger partial charge in [-0.15, -0.1) is 0 Å². The molecular weight excluding hydrogens is 324 g/mol. The largest absolute Gasteiger partial charge is 0.399 e. The second-order valence-corrected chi connectivity index (χ2v) is 4.79. The first-order chi connectivity index (χ1) is 12.6. The molecule has 0 atom stereocenters. The molecule has 0 aliphatic carbocycles. The number of hydrogen-bond acceptors (Lipinski definition) is 4. The Morgan fingerprint density at radius 1 is 0.423 bits per heavy atom. The highest BCUT2D eigenvalue weighted by molar-refractivity contribution is 5.36. The molecule has 0 spiro atoms. The Morgan fingerprint density at radius 2 is 0.577 bits per heavy atom. The van der Waals surface area contributed by atoms with Gasteiger partial charge in [-0.05, 0) is 24.3 Å². The lowest BCUT2D eigenvalue weighted by atomic mass is 10.3. The van der Waals surface area contributed by atoms with Crippen LogP contribution in [0.15, 0.2) is 97.1 Å². The van der Waals surface area contributed by atoms with Crippen LogP contribution < -0.4 is 11.5 Å². The predicted octanol–water partition coefficient (Wildman–Crippen LogP) is 4.75. The molecule has 0 aliphatic heterocycles. The van der Waals surface area contributed by atoms with E-state index in [9.17, 15) is 0 Å². The van der Waals surface area contributed by atoms with Crippen LogP contribution in [0.1, 0.15) is 0 Å². The predicted molar refractivity (Wildman–Crippen MR) is 114 cm³/mol. The standard InChI is InChI=1S/2C6H7N.C6H6.2C2H6O/c2*7-6-4-2-1-3-5-6;1-2-4-6-5-3-1;2*1-3-2/h2*1-5H,7H2;1-6H;2*1-2H3. The third kappa shape index (κ3) is 23.4. The van der Waals surface area contributed by atoms with E-state index in [2.05, 4.69) is 9.47 Å². The molecule has 4 N–H and O–H groups in total. The van der Waals surface area contributed by atoms with Crippen molar-refractivity contribution in [2.75, 3.05) is 39.9 Å². The fourth-order valence-electron chi connectivity index (χ4n) is 1.29. The van der Waals surface area contributed by atoms with Crippen molar-refractivity contribution in [3.63, 3.8) is 0 Å². The Hall–Kier alpha value is -2.82. The van der Waals surface area contributed by atoms with E-state index in [1.807, 2.05) is 97.1 Å². The minimum Gasteiger partial charge on any atom is -0.399 e. The van der Waals surface area contributed by atoms with Crippen LogP contribution in [-0.2, 0) is 9.47 Å². The molecule has 142 valence electrons. The minimum absolute atomic E-state index is 0.822. The summed E-state index contributed by atoms with van der Waals surface area (Å²) in [6, 6.07) is 31.0. The molecule has 0 heterocycles. The summed E-state index contributed by atoms with van der Waals surface area (Å²) in [5, 5.41) is 0. The molecule has 0 unspecified atom stereocenters. The first-order valence-electron chi connectivity index (χ1n) is 8.03. The molecule has 0 aromatic heterocycles. The second kappa shape index (κ2) is 22.2. The van der Waals surface area contributed by atoms with Gasteiger partial charge in [0.2, 0.25) is 0 Å². The molecule has 4 heteroatoms. The normalized spacial score (nSPS) is 7.85. The lowest BCUT2D eigenvalue weighted by Crippen LogP contribution is -1.79. The van der Waals surface area contributed by atoms with Crippen molar-refractivity contribution in [2.45, 2.75) is 0 Å².